The maximum absolute atomic E-state index is 10.5. The maximum atomic E-state index is 10.5. The number of hydrogen-bond acceptors (Lipinski definition) is 1. The topological polar surface area (TPSA) is 20.2 Å². The van der Waals surface area contributed by atoms with Gasteiger partial charge in [-0.25, -0.2) is 0 Å². The number of allylic oxidation sites excluding steroid dienone is 3. The van der Waals surface area contributed by atoms with Gasteiger partial charge in [0, 0.05) is 5.92 Å². The van der Waals surface area contributed by atoms with E-state index in [-0.39, 0.29) is 5.92 Å². The molecule has 1 heteroatoms. The molecule has 5 rings (SSSR count). The number of aliphatic hydroxyl groups excluding tert-OH is 1. The fourth-order valence-electron chi connectivity index (χ4n) is 3.93. The van der Waals surface area contributed by atoms with Gasteiger partial charge in [0.05, 0.1) is 6.10 Å². The highest BCUT2D eigenvalue weighted by Gasteiger charge is 2.26. The molecule has 0 fully saturated rings. The zero-order valence-electron chi connectivity index (χ0n) is 11.5. The summed E-state index contributed by atoms with van der Waals surface area (Å²) in [5.41, 5.74) is 2.36. The standard InChI is InChI=1S/C20H14O/c21-17-11-10-13-6-2-8-15-14-7-1-4-12-5-3-9-16(18(12)14)20(17)19(13)15/h1-11,13,17,21H. The average molecular weight is 270 g/mol. The van der Waals surface area contributed by atoms with Crippen LogP contribution < -0.4 is 5.22 Å². The Bertz CT molecular complexity index is 1000. The van der Waals surface area contributed by atoms with Gasteiger partial charge in [0.2, 0.25) is 0 Å². The highest BCUT2D eigenvalue weighted by molar-refractivity contribution is 6.12. The Hall–Kier alpha value is -2.38. The van der Waals surface area contributed by atoms with Gasteiger partial charge < -0.3 is 5.11 Å². The van der Waals surface area contributed by atoms with Crippen molar-refractivity contribution in [3.8, 4) is 0 Å². The first-order valence-corrected chi connectivity index (χ1v) is 7.36. The van der Waals surface area contributed by atoms with E-state index < -0.39 is 6.10 Å². The molecule has 0 aliphatic heterocycles. The fourth-order valence-corrected chi connectivity index (χ4v) is 3.93. The van der Waals surface area contributed by atoms with Crippen LogP contribution in [0.3, 0.4) is 0 Å². The molecule has 2 atom stereocenters. The molecule has 3 aromatic carbocycles. The van der Waals surface area contributed by atoms with Crippen LogP contribution in [-0.4, -0.2) is 5.11 Å². The first kappa shape index (κ1) is 11.3. The predicted octanol–water partition coefficient (Wildman–Crippen LogP) is 3.75. The van der Waals surface area contributed by atoms with Crippen molar-refractivity contribution >= 4 is 27.6 Å². The first-order chi connectivity index (χ1) is 10.3. The normalized spacial score (nSPS) is 22.5. The van der Waals surface area contributed by atoms with E-state index in [1.54, 1.807) is 0 Å². The van der Waals surface area contributed by atoms with Crippen LogP contribution in [0.25, 0.3) is 27.6 Å². The van der Waals surface area contributed by atoms with Crippen molar-refractivity contribution in [2.75, 3.05) is 0 Å². The van der Waals surface area contributed by atoms with Gasteiger partial charge in [-0.05, 0) is 37.9 Å². The Labute approximate surface area is 122 Å². The van der Waals surface area contributed by atoms with Crippen molar-refractivity contribution in [3.05, 3.63) is 77.0 Å². The molecule has 0 spiro atoms. The second-order valence-electron chi connectivity index (χ2n) is 5.86. The molecule has 100 valence electrons. The maximum Gasteiger partial charge on any atom is 0.0981 e. The molecule has 0 amide bonds. The van der Waals surface area contributed by atoms with Crippen molar-refractivity contribution < 1.29 is 5.11 Å². The molecule has 0 saturated carbocycles. The van der Waals surface area contributed by atoms with Crippen LogP contribution >= 0.6 is 0 Å². The molecule has 1 N–H and O–H groups in total. The van der Waals surface area contributed by atoms with Crippen LogP contribution in [0.5, 0.6) is 0 Å². The van der Waals surface area contributed by atoms with Crippen LogP contribution in [-0.2, 0) is 0 Å². The van der Waals surface area contributed by atoms with Gasteiger partial charge in [-0.3, -0.25) is 0 Å². The molecule has 21 heavy (non-hydrogen) atoms. The fraction of sp³-hybridized carbons (Fsp3) is 0.100. The minimum absolute atomic E-state index is 0.284. The van der Waals surface area contributed by atoms with Gasteiger partial charge in [0.1, 0.15) is 0 Å². The van der Waals surface area contributed by atoms with Crippen molar-refractivity contribution in [3.63, 3.8) is 0 Å². The Kier molecular flexibility index (Phi) is 2.06. The van der Waals surface area contributed by atoms with Crippen LogP contribution in [0.15, 0.2) is 60.7 Å². The van der Waals surface area contributed by atoms with Gasteiger partial charge in [-0.1, -0.05) is 66.8 Å². The van der Waals surface area contributed by atoms with Crippen LogP contribution in [0.2, 0.25) is 0 Å². The number of aliphatic hydroxyl groups is 1. The summed E-state index contributed by atoms with van der Waals surface area (Å²) in [6.45, 7) is 0. The van der Waals surface area contributed by atoms with E-state index in [0.29, 0.717) is 0 Å². The molecule has 2 unspecified atom stereocenters. The third-order valence-corrected chi connectivity index (χ3v) is 4.78. The minimum Gasteiger partial charge on any atom is -0.384 e. The quantitative estimate of drug-likeness (QED) is 0.617. The largest absolute Gasteiger partial charge is 0.384 e. The van der Waals surface area contributed by atoms with E-state index in [0.717, 1.165) is 5.56 Å². The summed E-state index contributed by atoms with van der Waals surface area (Å²) in [6.07, 6.45) is 10.0. The number of fused-ring (bicyclic) bond motifs is 2. The summed E-state index contributed by atoms with van der Waals surface area (Å²) in [6, 6.07) is 12.8. The van der Waals surface area contributed by atoms with Gasteiger partial charge in [-0.15, -0.1) is 0 Å². The van der Waals surface area contributed by atoms with Crippen molar-refractivity contribution in [1.82, 2.24) is 0 Å². The monoisotopic (exact) mass is 270 g/mol. The molecular weight excluding hydrogens is 256 g/mol. The van der Waals surface area contributed by atoms with Crippen LogP contribution in [0.1, 0.15) is 23.1 Å². The Balaban J connectivity index is 2.16. The molecule has 0 bridgehead atoms. The van der Waals surface area contributed by atoms with Crippen molar-refractivity contribution in [2.45, 2.75) is 12.0 Å². The smallest absolute Gasteiger partial charge is 0.0981 e. The highest BCUT2D eigenvalue weighted by Crippen LogP contribution is 2.39. The lowest BCUT2D eigenvalue weighted by Crippen LogP contribution is -2.22. The minimum atomic E-state index is -0.509. The summed E-state index contributed by atoms with van der Waals surface area (Å²) >= 11 is 0. The zero-order chi connectivity index (χ0) is 14.0. The van der Waals surface area contributed by atoms with Crippen LogP contribution in [0, 0.1) is 0 Å². The lowest BCUT2D eigenvalue weighted by atomic mass is 9.78. The van der Waals surface area contributed by atoms with Gasteiger partial charge in [-0.2, -0.15) is 0 Å². The lowest BCUT2D eigenvalue weighted by molar-refractivity contribution is 0.226. The Morgan fingerprint density at radius 2 is 1.62 bits per heavy atom. The highest BCUT2D eigenvalue weighted by atomic mass is 16.3. The van der Waals surface area contributed by atoms with E-state index in [4.69, 9.17) is 0 Å². The molecule has 3 aromatic rings. The summed E-state index contributed by atoms with van der Waals surface area (Å²) in [5, 5.41) is 16.8. The number of rotatable bonds is 0. The van der Waals surface area contributed by atoms with E-state index in [2.05, 4.69) is 60.7 Å². The molecule has 0 saturated heterocycles. The Morgan fingerprint density at radius 1 is 0.810 bits per heavy atom. The van der Waals surface area contributed by atoms with E-state index in [9.17, 15) is 5.11 Å². The van der Waals surface area contributed by atoms with Crippen molar-refractivity contribution in [2.24, 2.45) is 0 Å². The summed E-state index contributed by atoms with van der Waals surface area (Å²) in [4.78, 5) is 0. The van der Waals surface area contributed by atoms with Gasteiger partial charge in [0.15, 0.2) is 0 Å². The molecule has 0 heterocycles. The van der Waals surface area contributed by atoms with E-state index >= 15 is 0 Å². The average Bonchev–Trinajstić information content (AvgIpc) is 2.53. The molecule has 1 nitrogen and oxygen atoms in total. The Morgan fingerprint density at radius 3 is 2.48 bits per heavy atom. The third kappa shape index (κ3) is 1.34. The third-order valence-electron chi connectivity index (χ3n) is 4.78. The molecule has 2 aliphatic carbocycles. The number of hydrogen-bond donors (Lipinski definition) is 1. The summed E-state index contributed by atoms with van der Waals surface area (Å²) in [5.74, 6) is 0.284. The van der Waals surface area contributed by atoms with Gasteiger partial charge in [0.25, 0.3) is 0 Å². The molecule has 0 radical (unpaired) electrons. The van der Waals surface area contributed by atoms with E-state index in [1.165, 1.54) is 32.3 Å². The van der Waals surface area contributed by atoms with Gasteiger partial charge >= 0.3 is 0 Å². The zero-order valence-corrected chi connectivity index (χ0v) is 11.5. The molecular formula is C20H14O. The van der Waals surface area contributed by atoms with Crippen molar-refractivity contribution in [1.29, 1.82) is 0 Å². The summed E-state index contributed by atoms with van der Waals surface area (Å²) < 4.78 is 0. The first-order valence-electron chi connectivity index (χ1n) is 7.36. The van der Waals surface area contributed by atoms with E-state index in [1.807, 2.05) is 6.08 Å². The summed E-state index contributed by atoms with van der Waals surface area (Å²) in [7, 11) is 0. The van der Waals surface area contributed by atoms with Crippen LogP contribution in [0.4, 0.5) is 0 Å². The second-order valence-corrected chi connectivity index (χ2v) is 5.86. The molecule has 0 aromatic heterocycles. The predicted molar refractivity (Wildman–Crippen MR) is 87.1 cm³/mol. The molecule has 2 aliphatic rings. The number of benzene rings is 3. The SMILES string of the molecule is OC1C=CC2C=CC=c3c2c1c1cccc2cccc3c21. The second kappa shape index (κ2) is 3.84. The lowest BCUT2D eigenvalue weighted by Gasteiger charge is -2.27.